The van der Waals surface area contributed by atoms with Crippen LogP contribution in [0.3, 0.4) is 0 Å². The third-order valence-corrected chi connectivity index (χ3v) is 3.51. The minimum absolute atomic E-state index is 0.0621. The second kappa shape index (κ2) is 6.15. The summed E-state index contributed by atoms with van der Waals surface area (Å²) < 4.78 is 14.1. The number of halogens is 2. The Morgan fingerprint density at radius 3 is 2.60 bits per heavy atom. The van der Waals surface area contributed by atoms with Crippen molar-refractivity contribution >= 4 is 27.5 Å². The molecule has 0 saturated heterocycles. The topological polar surface area (TPSA) is 49.3 Å². The van der Waals surface area contributed by atoms with E-state index in [9.17, 15) is 14.3 Å². The lowest BCUT2D eigenvalue weighted by Gasteiger charge is -2.13. The summed E-state index contributed by atoms with van der Waals surface area (Å²) in [5, 5.41) is 12.3. The fourth-order valence-corrected chi connectivity index (χ4v) is 2.40. The highest BCUT2D eigenvalue weighted by molar-refractivity contribution is 9.10. The Morgan fingerprint density at radius 2 is 1.95 bits per heavy atom. The molecule has 104 valence electrons. The zero-order valence-electron chi connectivity index (χ0n) is 10.7. The predicted molar refractivity (Wildman–Crippen MR) is 79.1 cm³/mol. The summed E-state index contributed by atoms with van der Waals surface area (Å²) in [5.74, 6) is -1.17. The molecule has 0 saturated carbocycles. The van der Waals surface area contributed by atoms with Gasteiger partial charge in [-0.1, -0.05) is 24.3 Å². The van der Waals surface area contributed by atoms with Crippen molar-refractivity contribution in [2.45, 2.75) is 13.0 Å². The molecule has 0 aliphatic carbocycles. The van der Waals surface area contributed by atoms with Crippen molar-refractivity contribution < 1.29 is 14.3 Å². The van der Waals surface area contributed by atoms with Crippen LogP contribution in [0.4, 0.5) is 10.1 Å². The van der Waals surface area contributed by atoms with E-state index in [1.165, 1.54) is 12.1 Å². The van der Waals surface area contributed by atoms with Gasteiger partial charge in [0.2, 0.25) is 0 Å². The van der Waals surface area contributed by atoms with E-state index in [1.807, 2.05) is 0 Å². The van der Waals surface area contributed by atoms with Gasteiger partial charge in [0, 0.05) is 15.7 Å². The number of amides is 1. The van der Waals surface area contributed by atoms with Crippen LogP contribution in [-0.2, 0) is 0 Å². The monoisotopic (exact) mass is 337 g/mol. The number of benzene rings is 2. The molecule has 0 aliphatic rings. The first-order valence-corrected chi connectivity index (χ1v) is 6.82. The molecule has 0 aromatic heterocycles. The molecule has 0 spiro atoms. The zero-order chi connectivity index (χ0) is 14.7. The number of carbonyl (C=O) groups is 1. The average Bonchev–Trinajstić information content (AvgIpc) is 2.38. The van der Waals surface area contributed by atoms with Gasteiger partial charge in [-0.25, -0.2) is 4.39 Å². The molecule has 1 amide bonds. The molecule has 2 rings (SSSR count). The van der Waals surface area contributed by atoms with Crippen molar-refractivity contribution in [1.82, 2.24) is 0 Å². The number of hydrogen-bond acceptors (Lipinski definition) is 2. The highest BCUT2D eigenvalue weighted by atomic mass is 79.9. The summed E-state index contributed by atoms with van der Waals surface area (Å²) in [4.78, 5) is 12.2. The Labute approximate surface area is 124 Å². The fraction of sp³-hybridized carbons (Fsp3) is 0.133. The van der Waals surface area contributed by atoms with Crippen LogP contribution >= 0.6 is 15.9 Å². The van der Waals surface area contributed by atoms with E-state index in [2.05, 4.69) is 21.2 Å². The van der Waals surface area contributed by atoms with Gasteiger partial charge in [0.05, 0.1) is 11.7 Å². The number of aliphatic hydroxyl groups is 1. The summed E-state index contributed by atoms with van der Waals surface area (Å²) in [7, 11) is 0. The van der Waals surface area contributed by atoms with E-state index in [0.29, 0.717) is 15.7 Å². The van der Waals surface area contributed by atoms with E-state index in [-0.39, 0.29) is 5.56 Å². The maximum Gasteiger partial charge on any atom is 0.259 e. The molecule has 2 aromatic carbocycles. The number of para-hydroxylation sites is 1. The smallest absolute Gasteiger partial charge is 0.259 e. The van der Waals surface area contributed by atoms with E-state index < -0.39 is 17.8 Å². The first-order chi connectivity index (χ1) is 9.50. The summed E-state index contributed by atoms with van der Waals surface area (Å²) in [6.07, 6.45) is -0.726. The van der Waals surface area contributed by atoms with Gasteiger partial charge in [-0.2, -0.15) is 0 Å². The SMILES string of the molecule is CC(O)c1ccccc1NC(=O)c1c(F)cccc1Br. The van der Waals surface area contributed by atoms with Gasteiger partial charge < -0.3 is 10.4 Å². The van der Waals surface area contributed by atoms with Crippen LogP contribution in [0.25, 0.3) is 0 Å². The van der Waals surface area contributed by atoms with Crippen LogP contribution in [0.15, 0.2) is 46.9 Å². The summed E-state index contributed by atoms with van der Waals surface area (Å²) in [6.45, 7) is 1.60. The molecule has 2 aromatic rings. The van der Waals surface area contributed by atoms with Crippen LogP contribution in [0.1, 0.15) is 28.9 Å². The molecule has 5 heteroatoms. The van der Waals surface area contributed by atoms with Crippen molar-refractivity contribution in [1.29, 1.82) is 0 Å². The highest BCUT2D eigenvalue weighted by Gasteiger charge is 2.17. The second-order valence-corrected chi connectivity index (χ2v) is 5.17. The molecule has 20 heavy (non-hydrogen) atoms. The van der Waals surface area contributed by atoms with E-state index in [1.54, 1.807) is 37.3 Å². The average molecular weight is 338 g/mol. The fourth-order valence-electron chi connectivity index (χ4n) is 1.87. The molecular weight excluding hydrogens is 325 g/mol. The third-order valence-electron chi connectivity index (χ3n) is 2.85. The van der Waals surface area contributed by atoms with Crippen molar-refractivity contribution in [2.24, 2.45) is 0 Å². The van der Waals surface area contributed by atoms with Crippen molar-refractivity contribution in [2.75, 3.05) is 5.32 Å². The van der Waals surface area contributed by atoms with Crippen molar-refractivity contribution in [3.63, 3.8) is 0 Å². The van der Waals surface area contributed by atoms with Gasteiger partial charge in [0.15, 0.2) is 0 Å². The lowest BCUT2D eigenvalue weighted by Crippen LogP contribution is -2.16. The molecular formula is C15H13BrFNO2. The molecule has 0 radical (unpaired) electrons. The number of aliphatic hydroxyl groups excluding tert-OH is 1. The number of nitrogens with one attached hydrogen (secondary N) is 1. The van der Waals surface area contributed by atoms with E-state index in [4.69, 9.17) is 0 Å². The first kappa shape index (κ1) is 14.7. The minimum atomic E-state index is -0.726. The second-order valence-electron chi connectivity index (χ2n) is 4.31. The Hall–Kier alpha value is -1.72. The number of rotatable bonds is 3. The third kappa shape index (κ3) is 3.05. The van der Waals surface area contributed by atoms with Crippen LogP contribution < -0.4 is 5.32 Å². The number of hydrogen-bond donors (Lipinski definition) is 2. The Morgan fingerprint density at radius 1 is 1.25 bits per heavy atom. The zero-order valence-corrected chi connectivity index (χ0v) is 12.3. The largest absolute Gasteiger partial charge is 0.389 e. The molecule has 0 aliphatic heterocycles. The molecule has 0 bridgehead atoms. The van der Waals surface area contributed by atoms with Crippen LogP contribution in [0.2, 0.25) is 0 Å². The van der Waals surface area contributed by atoms with Gasteiger partial charge >= 0.3 is 0 Å². The maximum absolute atomic E-state index is 13.7. The quantitative estimate of drug-likeness (QED) is 0.892. The predicted octanol–water partition coefficient (Wildman–Crippen LogP) is 3.89. The van der Waals surface area contributed by atoms with Crippen LogP contribution in [0.5, 0.6) is 0 Å². The summed E-state index contributed by atoms with van der Waals surface area (Å²) in [6, 6.07) is 11.2. The van der Waals surface area contributed by atoms with Gasteiger partial charge in [-0.3, -0.25) is 4.79 Å². The molecule has 1 unspecified atom stereocenters. The molecule has 2 N–H and O–H groups in total. The molecule has 1 atom stereocenters. The van der Waals surface area contributed by atoms with E-state index >= 15 is 0 Å². The minimum Gasteiger partial charge on any atom is -0.389 e. The lowest BCUT2D eigenvalue weighted by atomic mass is 10.1. The van der Waals surface area contributed by atoms with Crippen LogP contribution in [-0.4, -0.2) is 11.0 Å². The Kier molecular flexibility index (Phi) is 4.52. The van der Waals surface area contributed by atoms with E-state index in [0.717, 1.165) is 0 Å². The van der Waals surface area contributed by atoms with Gasteiger partial charge in [-0.05, 0) is 41.1 Å². The standard InChI is InChI=1S/C15H13BrFNO2/c1-9(19)10-5-2-3-8-13(10)18-15(20)14-11(16)6-4-7-12(14)17/h2-9,19H,1H3,(H,18,20). The normalized spacial score (nSPS) is 12.0. The Bertz CT molecular complexity index is 623. The highest BCUT2D eigenvalue weighted by Crippen LogP contribution is 2.25. The number of anilines is 1. The van der Waals surface area contributed by atoms with Crippen molar-refractivity contribution in [3.8, 4) is 0 Å². The first-order valence-electron chi connectivity index (χ1n) is 6.03. The maximum atomic E-state index is 13.7. The summed E-state index contributed by atoms with van der Waals surface area (Å²) in [5.41, 5.74) is 0.976. The number of carbonyl (C=O) groups excluding carboxylic acids is 1. The van der Waals surface area contributed by atoms with Crippen LogP contribution in [0, 0.1) is 5.82 Å². The molecule has 3 nitrogen and oxygen atoms in total. The molecule has 0 fully saturated rings. The van der Waals surface area contributed by atoms with Gasteiger partial charge in [0.1, 0.15) is 5.82 Å². The van der Waals surface area contributed by atoms with Crippen molar-refractivity contribution in [3.05, 3.63) is 63.9 Å². The van der Waals surface area contributed by atoms with Gasteiger partial charge in [-0.15, -0.1) is 0 Å². The summed E-state index contributed by atoms with van der Waals surface area (Å²) >= 11 is 3.16. The van der Waals surface area contributed by atoms with Gasteiger partial charge in [0.25, 0.3) is 5.91 Å². The molecule has 0 heterocycles. The lowest BCUT2D eigenvalue weighted by molar-refractivity contribution is 0.102. The Balaban J connectivity index is 2.33.